The van der Waals surface area contributed by atoms with Crippen LogP contribution >= 0.6 is 0 Å². The lowest BCUT2D eigenvalue weighted by Crippen LogP contribution is -2.19. The van der Waals surface area contributed by atoms with Gasteiger partial charge in [0, 0.05) is 12.6 Å². The van der Waals surface area contributed by atoms with Crippen LogP contribution < -0.4 is 16.8 Å². The van der Waals surface area contributed by atoms with Crippen molar-refractivity contribution in [3.05, 3.63) is 11.6 Å². The Morgan fingerprint density at radius 3 is 2.69 bits per heavy atom. The van der Waals surface area contributed by atoms with Crippen molar-refractivity contribution < 1.29 is 0 Å². The normalized spacial score (nSPS) is 14.1. The van der Waals surface area contributed by atoms with Crippen molar-refractivity contribution in [1.29, 1.82) is 0 Å². The van der Waals surface area contributed by atoms with Gasteiger partial charge in [0.25, 0.3) is 0 Å². The van der Waals surface area contributed by atoms with E-state index in [1.54, 1.807) is 0 Å². The van der Waals surface area contributed by atoms with Gasteiger partial charge in [0.15, 0.2) is 0 Å². The molecule has 16 heavy (non-hydrogen) atoms. The lowest BCUT2D eigenvalue weighted by atomic mass is 10.1. The smallest absolute Gasteiger partial charge is 0.0161 e. The number of hydrogen-bond donors (Lipinski definition) is 3. The highest BCUT2D eigenvalue weighted by atomic mass is 14.8. The van der Waals surface area contributed by atoms with E-state index in [2.05, 4.69) is 25.2 Å². The van der Waals surface area contributed by atoms with Crippen molar-refractivity contribution in [3.8, 4) is 0 Å². The van der Waals surface area contributed by atoms with Crippen molar-refractivity contribution in [2.24, 2.45) is 11.5 Å². The molecule has 0 rings (SSSR count). The zero-order valence-corrected chi connectivity index (χ0v) is 11.0. The summed E-state index contributed by atoms with van der Waals surface area (Å²) < 4.78 is 0. The molecule has 0 amide bonds. The van der Waals surface area contributed by atoms with Crippen LogP contribution in [-0.4, -0.2) is 25.7 Å². The highest BCUT2D eigenvalue weighted by Gasteiger charge is 1.96. The number of nitrogens with one attached hydrogen (secondary N) is 1. The second-order valence-corrected chi connectivity index (χ2v) is 4.48. The molecule has 0 spiro atoms. The molecule has 0 aromatic carbocycles. The summed E-state index contributed by atoms with van der Waals surface area (Å²) in [7, 11) is 0. The van der Waals surface area contributed by atoms with Gasteiger partial charge in [-0.05, 0) is 45.7 Å². The second kappa shape index (κ2) is 11.1. The van der Waals surface area contributed by atoms with E-state index in [1.807, 2.05) is 0 Å². The van der Waals surface area contributed by atoms with Gasteiger partial charge in [0.2, 0.25) is 0 Å². The fraction of sp³-hybridized carbons (Fsp3) is 0.846. The van der Waals surface area contributed by atoms with Crippen molar-refractivity contribution >= 4 is 0 Å². The Morgan fingerprint density at radius 1 is 1.31 bits per heavy atom. The summed E-state index contributed by atoms with van der Waals surface area (Å²) >= 11 is 0. The van der Waals surface area contributed by atoms with E-state index in [4.69, 9.17) is 11.5 Å². The van der Waals surface area contributed by atoms with Crippen LogP contribution in [0.5, 0.6) is 0 Å². The van der Waals surface area contributed by atoms with Crippen molar-refractivity contribution in [2.75, 3.05) is 19.6 Å². The molecule has 0 unspecified atom stereocenters. The molecule has 0 fully saturated rings. The van der Waals surface area contributed by atoms with Gasteiger partial charge < -0.3 is 16.8 Å². The van der Waals surface area contributed by atoms with E-state index in [-0.39, 0.29) is 0 Å². The van der Waals surface area contributed by atoms with Crippen LogP contribution in [0.15, 0.2) is 11.6 Å². The molecule has 0 bridgehead atoms. The maximum absolute atomic E-state index is 5.85. The third-order valence-electron chi connectivity index (χ3n) is 2.75. The largest absolute Gasteiger partial charge is 0.330 e. The predicted octanol–water partition coefficient (Wildman–Crippen LogP) is 1.78. The van der Waals surface area contributed by atoms with Gasteiger partial charge in [-0.3, -0.25) is 0 Å². The topological polar surface area (TPSA) is 64.1 Å². The third kappa shape index (κ3) is 10.1. The van der Waals surface area contributed by atoms with Crippen LogP contribution in [0, 0.1) is 0 Å². The minimum Gasteiger partial charge on any atom is -0.330 e. The molecule has 3 nitrogen and oxygen atoms in total. The molecule has 0 radical (unpaired) electrons. The zero-order chi connectivity index (χ0) is 12.2. The molecular formula is C13H29N3. The Morgan fingerprint density at radius 2 is 2.06 bits per heavy atom. The van der Waals surface area contributed by atoms with Crippen LogP contribution in [0.2, 0.25) is 0 Å². The van der Waals surface area contributed by atoms with Crippen LogP contribution in [0.25, 0.3) is 0 Å². The van der Waals surface area contributed by atoms with Crippen molar-refractivity contribution in [2.45, 2.75) is 52.0 Å². The summed E-state index contributed by atoms with van der Waals surface area (Å²) in [5.41, 5.74) is 12.7. The first-order valence-electron chi connectivity index (χ1n) is 6.52. The molecule has 0 aromatic rings. The first kappa shape index (κ1) is 15.6. The van der Waals surface area contributed by atoms with Gasteiger partial charge in [0.05, 0.1) is 0 Å². The minimum absolute atomic E-state index is 0.319. The number of hydrogen-bond acceptors (Lipinski definition) is 3. The summed E-state index contributed by atoms with van der Waals surface area (Å²) in [5.74, 6) is 0. The van der Waals surface area contributed by atoms with E-state index >= 15 is 0 Å². The lowest BCUT2D eigenvalue weighted by molar-refractivity contribution is 0.622. The van der Waals surface area contributed by atoms with E-state index in [9.17, 15) is 0 Å². The number of rotatable bonds is 10. The van der Waals surface area contributed by atoms with Gasteiger partial charge in [-0.25, -0.2) is 0 Å². The summed E-state index contributed by atoms with van der Waals surface area (Å²) in [5, 5.41) is 3.44. The third-order valence-corrected chi connectivity index (χ3v) is 2.75. The Hall–Kier alpha value is -0.380. The molecule has 3 heteroatoms. The molecule has 0 saturated carbocycles. The molecule has 1 atom stereocenters. The summed E-state index contributed by atoms with van der Waals surface area (Å²) in [6.07, 6.45) is 7.89. The van der Waals surface area contributed by atoms with Gasteiger partial charge in [-0.15, -0.1) is 0 Å². The molecule has 0 saturated heterocycles. The first-order chi connectivity index (χ1) is 7.70. The van der Waals surface area contributed by atoms with Crippen LogP contribution in [0.3, 0.4) is 0 Å². The fourth-order valence-corrected chi connectivity index (χ4v) is 1.45. The number of nitrogens with two attached hydrogens (primary N) is 2. The Labute approximate surface area is 101 Å². The summed E-state index contributed by atoms with van der Waals surface area (Å²) in [4.78, 5) is 0. The zero-order valence-electron chi connectivity index (χ0n) is 11.0. The standard InChI is InChI=1S/C13H29N3/c1-3-13(15)8-7-12(2)11-16-10-6-4-5-9-14/h7,13,16H,3-6,8-11,14-15H2,1-2H3/b12-7+/t13-/m0/s1. The maximum Gasteiger partial charge on any atom is 0.0161 e. The van der Waals surface area contributed by atoms with Crippen LogP contribution in [-0.2, 0) is 0 Å². The molecule has 0 heterocycles. The van der Waals surface area contributed by atoms with Gasteiger partial charge in [-0.1, -0.05) is 25.0 Å². The molecule has 96 valence electrons. The summed E-state index contributed by atoms with van der Waals surface area (Å²) in [6.45, 7) is 7.18. The second-order valence-electron chi connectivity index (χ2n) is 4.48. The SMILES string of the molecule is CC[C@H](N)C/C=C(\C)CNCCCCCN. The highest BCUT2D eigenvalue weighted by Crippen LogP contribution is 1.99. The van der Waals surface area contributed by atoms with Gasteiger partial charge in [-0.2, -0.15) is 0 Å². The molecule has 5 N–H and O–H groups in total. The van der Waals surface area contributed by atoms with E-state index in [0.717, 1.165) is 38.9 Å². The monoisotopic (exact) mass is 227 g/mol. The fourth-order valence-electron chi connectivity index (χ4n) is 1.45. The lowest BCUT2D eigenvalue weighted by Gasteiger charge is -2.07. The molecule has 0 aliphatic carbocycles. The minimum atomic E-state index is 0.319. The highest BCUT2D eigenvalue weighted by molar-refractivity contribution is 5.01. The van der Waals surface area contributed by atoms with Gasteiger partial charge >= 0.3 is 0 Å². The van der Waals surface area contributed by atoms with Crippen molar-refractivity contribution in [3.63, 3.8) is 0 Å². The van der Waals surface area contributed by atoms with E-state index in [1.165, 1.54) is 18.4 Å². The Balaban J connectivity index is 3.38. The number of unbranched alkanes of at least 4 members (excludes halogenated alkanes) is 2. The maximum atomic E-state index is 5.85. The average molecular weight is 227 g/mol. The molecular weight excluding hydrogens is 198 g/mol. The first-order valence-corrected chi connectivity index (χ1v) is 6.52. The predicted molar refractivity (Wildman–Crippen MR) is 72.4 cm³/mol. The van der Waals surface area contributed by atoms with Gasteiger partial charge in [0.1, 0.15) is 0 Å². The van der Waals surface area contributed by atoms with Crippen LogP contribution in [0.1, 0.15) is 46.0 Å². The Bertz CT molecular complexity index is 178. The van der Waals surface area contributed by atoms with Crippen molar-refractivity contribution in [1.82, 2.24) is 5.32 Å². The molecule has 0 aliphatic heterocycles. The van der Waals surface area contributed by atoms with Crippen LogP contribution in [0.4, 0.5) is 0 Å². The quantitative estimate of drug-likeness (QED) is 0.394. The Kier molecular flexibility index (Phi) is 10.9. The average Bonchev–Trinajstić information content (AvgIpc) is 2.30. The van der Waals surface area contributed by atoms with E-state index in [0.29, 0.717) is 6.04 Å². The molecule has 0 aliphatic rings. The van der Waals surface area contributed by atoms with E-state index < -0.39 is 0 Å². The molecule has 0 aromatic heterocycles. The summed E-state index contributed by atoms with van der Waals surface area (Å²) in [6, 6.07) is 0.319.